The van der Waals surface area contributed by atoms with Crippen LogP contribution in [0.1, 0.15) is 74.6 Å². The van der Waals surface area contributed by atoms with Crippen LogP contribution in [0.5, 0.6) is 0 Å². The number of benzene rings is 1. The molecule has 3 aromatic rings. The Hall–Kier alpha value is -3.36. The van der Waals surface area contributed by atoms with Crippen LogP contribution in [0.4, 0.5) is 10.1 Å². The van der Waals surface area contributed by atoms with Crippen molar-refractivity contribution < 1.29 is 17.6 Å². The summed E-state index contributed by atoms with van der Waals surface area (Å²) in [5, 5.41) is 13.3. The normalized spacial score (nSPS) is 24.2. The van der Waals surface area contributed by atoms with E-state index in [-0.39, 0.29) is 41.0 Å². The molecule has 11 heteroatoms. The highest BCUT2D eigenvalue weighted by molar-refractivity contribution is 7.91. The van der Waals surface area contributed by atoms with Gasteiger partial charge in [0.15, 0.2) is 9.84 Å². The molecule has 4 aliphatic rings. The highest BCUT2D eigenvalue weighted by Crippen LogP contribution is 2.47. The second-order valence-corrected chi connectivity index (χ2v) is 15.8. The van der Waals surface area contributed by atoms with Crippen molar-refractivity contribution in [2.24, 2.45) is 5.92 Å². The average Bonchev–Trinajstić information content (AvgIpc) is 3.95. The van der Waals surface area contributed by atoms with Crippen molar-refractivity contribution in [3.05, 3.63) is 53.7 Å². The van der Waals surface area contributed by atoms with Gasteiger partial charge in [0, 0.05) is 48.3 Å². The van der Waals surface area contributed by atoms with Crippen LogP contribution >= 0.6 is 11.3 Å². The van der Waals surface area contributed by atoms with Gasteiger partial charge in [0.25, 0.3) is 0 Å². The molecule has 1 aliphatic heterocycles. The summed E-state index contributed by atoms with van der Waals surface area (Å²) in [6, 6.07) is 11.9. The van der Waals surface area contributed by atoms with Gasteiger partial charge in [0.1, 0.15) is 16.4 Å². The van der Waals surface area contributed by atoms with Gasteiger partial charge in [-0.25, -0.2) is 17.8 Å². The van der Waals surface area contributed by atoms with E-state index in [4.69, 9.17) is 4.98 Å². The van der Waals surface area contributed by atoms with E-state index in [2.05, 4.69) is 21.3 Å². The maximum absolute atomic E-state index is 15.0. The van der Waals surface area contributed by atoms with Crippen molar-refractivity contribution in [3.63, 3.8) is 0 Å². The SMILES string of the molecule is N#CC1(NC(=O)C2CCCCC2c2nc(-c3cnc(C4CC4)c(F)c3)sc2-c2ccc(N3CCS(=O)(=O)CC3)cc2)CC1. The first-order valence-electron chi connectivity index (χ1n) is 15.2. The third kappa shape index (κ3) is 5.79. The molecule has 0 radical (unpaired) electrons. The van der Waals surface area contributed by atoms with Gasteiger partial charge in [0.05, 0.1) is 33.8 Å². The molecule has 3 aliphatic carbocycles. The Morgan fingerprint density at radius 1 is 1.05 bits per heavy atom. The summed E-state index contributed by atoms with van der Waals surface area (Å²) in [5.74, 6) is -0.291. The molecule has 2 atom stereocenters. The number of thiazole rings is 1. The number of carbonyl (C=O) groups is 1. The Balaban J connectivity index is 1.24. The van der Waals surface area contributed by atoms with E-state index in [1.54, 1.807) is 6.20 Å². The first kappa shape index (κ1) is 28.4. The molecule has 3 heterocycles. The summed E-state index contributed by atoms with van der Waals surface area (Å²) in [5.41, 5.74) is 3.18. The number of carbonyl (C=O) groups excluding carboxylic acids is 1. The number of nitriles is 1. The second kappa shape index (κ2) is 11.0. The Morgan fingerprint density at radius 3 is 2.42 bits per heavy atom. The van der Waals surface area contributed by atoms with Crippen LogP contribution in [0.3, 0.4) is 0 Å². The van der Waals surface area contributed by atoms with Crippen molar-refractivity contribution in [1.29, 1.82) is 5.26 Å². The molecule has 0 bridgehead atoms. The highest BCUT2D eigenvalue weighted by Gasteiger charge is 2.47. The Labute approximate surface area is 255 Å². The zero-order valence-corrected chi connectivity index (χ0v) is 25.5. The summed E-state index contributed by atoms with van der Waals surface area (Å²) in [7, 11) is -2.98. The predicted molar refractivity (Wildman–Crippen MR) is 164 cm³/mol. The zero-order valence-electron chi connectivity index (χ0n) is 23.9. The van der Waals surface area contributed by atoms with E-state index >= 15 is 4.39 Å². The van der Waals surface area contributed by atoms with E-state index in [0.717, 1.165) is 60.3 Å². The molecule has 2 unspecified atom stereocenters. The molecular weight excluding hydrogens is 586 g/mol. The molecule has 1 amide bonds. The number of nitrogens with zero attached hydrogens (tertiary/aromatic N) is 4. The number of pyridine rings is 1. The lowest BCUT2D eigenvalue weighted by Crippen LogP contribution is -2.42. The van der Waals surface area contributed by atoms with E-state index in [0.29, 0.717) is 42.2 Å². The van der Waals surface area contributed by atoms with Crippen LogP contribution in [-0.4, -0.2) is 54.4 Å². The Kier molecular flexibility index (Phi) is 7.25. The average molecular weight is 620 g/mol. The zero-order chi connectivity index (χ0) is 29.8. The van der Waals surface area contributed by atoms with Crippen LogP contribution in [0.15, 0.2) is 36.5 Å². The number of rotatable bonds is 7. The maximum Gasteiger partial charge on any atom is 0.225 e. The van der Waals surface area contributed by atoms with Crippen molar-refractivity contribution in [2.75, 3.05) is 29.5 Å². The second-order valence-electron chi connectivity index (χ2n) is 12.5. The molecule has 1 saturated heterocycles. The van der Waals surface area contributed by atoms with Crippen LogP contribution in [0.25, 0.3) is 21.0 Å². The summed E-state index contributed by atoms with van der Waals surface area (Å²) < 4.78 is 38.9. The number of hydrogen-bond donors (Lipinski definition) is 1. The summed E-state index contributed by atoms with van der Waals surface area (Å²) in [6.07, 6.45) is 8.48. The van der Waals surface area contributed by atoms with E-state index in [1.165, 1.54) is 17.4 Å². The number of halogens is 1. The summed E-state index contributed by atoms with van der Waals surface area (Å²) >= 11 is 1.49. The third-order valence-corrected chi connectivity index (χ3v) is 12.1. The molecule has 1 aromatic carbocycles. The first-order valence-corrected chi connectivity index (χ1v) is 17.8. The molecule has 4 fully saturated rings. The van der Waals surface area contributed by atoms with Gasteiger partial charge < -0.3 is 10.2 Å². The number of amides is 1. The maximum atomic E-state index is 15.0. The van der Waals surface area contributed by atoms with Gasteiger partial charge >= 0.3 is 0 Å². The fraction of sp³-hybridized carbons (Fsp3) is 0.500. The highest BCUT2D eigenvalue weighted by atomic mass is 32.2. The number of hydrogen-bond acceptors (Lipinski definition) is 8. The standard InChI is InChI=1S/C32H34FN5O3S2/c33-26-17-22(18-35-27(26)20-5-6-20)31-36-28(24-3-1-2-4-25(24)30(39)37-32(19-34)11-12-32)29(42-31)21-7-9-23(10-8-21)38-13-15-43(40,41)16-14-38/h7-10,17-18,20,24-25H,1-6,11-16H2,(H,37,39). The van der Waals surface area contributed by atoms with Gasteiger partial charge in [-0.1, -0.05) is 25.0 Å². The quantitative estimate of drug-likeness (QED) is 0.368. The number of nitrogens with one attached hydrogen (secondary N) is 1. The van der Waals surface area contributed by atoms with Crippen LogP contribution < -0.4 is 10.2 Å². The summed E-state index contributed by atoms with van der Waals surface area (Å²) in [4.78, 5) is 26.1. The summed E-state index contributed by atoms with van der Waals surface area (Å²) in [6.45, 7) is 0.937. The first-order chi connectivity index (χ1) is 20.7. The van der Waals surface area contributed by atoms with Crippen LogP contribution in [0.2, 0.25) is 0 Å². The molecule has 224 valence electrons. The molecule has 1 N–H and O–H groups in total. The third-order valence-electron chi connectivity index (χ3n) is 9.35. The van der Waals surface area contributed by atoms with Crippen molar-refractivity contribution in [1.82, 2.24) is 15.3 Å². The van der Waals surface area contributed by atoms with Crippen LogP contribution in [0, 0.1) is 23.1 Å². The molecule has 43 heavy (non-hydrogen) atoms. The van der Waals surface area contributed by atoms with E-state index < -0.39 is 15.4 Å². The molecular formula is C32H34FN5O3S2. The van der Waals surface area contributed by atoms with Gasteiger partial charge in [-0.15, -0.1) is 11.3 Å². The molecule has 3 saturated carbocycles. The van der Waals surface area contributed by atoms with Crippen LogP contribution in [-0.2, 0) is 14.6 Å². The lowest BCUT2D eigenvalue weighted by Gasteiger charge is -2.31. The largest absolute Gasteiger partial charge is 0.369 e. The van der Waals surface area contributed by atoms with Gasteiger partial charge in [-0.05, 0) is 62.3 Å². The molecule has 7 rings (SSSR count). The smallest absolute Gasteiger partial charge is 0.225 e. The molecule has 2 aromatic heterocycles. The van der Waals surface area contributed by atoms with Crippen molar-refractivity contribution in [3.8, 4) is 27.1 Å². The monoisotopic (exact) mass is 619 g/mol. The predicted octanol–water partition coefficient (Wildman–Crippen LogP) is 5.57. The minimum Gasteiger partial charge on any atom is -0.369 e. The fourth-order valence-electron chi connectivity index (χ4n) is 6.42. The van der Waals surface area contributed by atoms with Gasteiger partial charge in [-0.3, -0.25) is 9.78 Å². The number of anilines is 1. The van der Waals surface area contributed by atoms with Crippen molar-refractivity contribution >= 4 is 32.8 Å². The number of sulfone groups is 1. The van der Waals surface area contributed by atoms with Gasteiger partial charge in [0.2, 0.25) is 5.91 Å². The minimum absolute atomic E-state index is 0.0823. The Bertz CT molecular complexity index is 1690. The molecule has 8 nitrogen and oxygen atoms in total. The van der Waals surface area contributed by atoms with Gasteiger partial charge in [-0.2, -0.15) is 5.26 Å². The van der Waals surface area contributed by atoms with E-state index in [9.17, 15) is 18.5 Å². The lowest BCUT2D eigenvalue weighted by atomic mass is 9.76. The fourth-order valence-corrected chi connectivity index (χ4v) is 8.74. The lowest BCUT2D eigenvalue weighted by molar-refractivity contribution is -0.127. The minimum atomic E-state index is -2.98. The Morgan fingerprint density at radius 2 is 1.77 bits per heavy atom. The topological polar surface area (TPSA) is 116 Å². The van der Waals surface area contributed by atoms with Crippen molar-refractivity contribution in [2.45, 2.75) is 68.7 Å². The number of aromatic nitrogens is 2. The molecule has 0 spiro atoms. The van der Waals surface area contributed by atoms with E-state index in [1.807, 2.05) is 24.3 Å².